The van der Waals surface area contributed by atoms with E-state index in [4.69, 9.17) is 5.73 Å². The summed E-state index contributed by atoms with van der Waals surface area (Å²) in [6.07, 6.45) is 1.92. The van der Waals surface area contributed by atoms with Gasteiger partial charge in [0.2, 0.25) is 0 Å². The Hall–Kier alpha value is -0.450. The van der Waals surface area contributed by atoms with Gasteiger partial charge in [-0.1, -0.05) is 0 Å². The summed E-state index contributed by atoms with van der Waals surface area (Å²) in [5.74, 6) is 0. The van der Waals surface area contributed by atoms with E-state index < -0.39 is 0 Å². The normalized spacial score (nSPS) is 13.7. The van der Waals surface area contributed by atoms with E-state index in [1.165, 1.54) is 4.88 Å². The van der Waals surface area contributed by atoms with Crippen LogP contribution in [0.1, 0.15) is 17.8 Å². The molecule has 0 amide bonds. The number of rotatable bonds is 4. The lowest BCUT2D eigenvalue weighted by Crippen LogP contribution is -2.27. The third kappa shape index (κ3) is 2.27. The van der Waals surface area contributed by atoms with Crippen LogP contribution in [-0.2, 0) is 0 Å². The summed E-state index contributed by atoms with van der Waals surface area (Å²) in [6, 6.07) is 0.432. The molecule has 0 saturated carbocycles. The quantitative estimate of drug-likeness (QED) is 0.763. The largest absolute Gasteiger partial charge is 0.329 e. The van der Waals surface area contributed by atoms with Crippen LogP contribution in [0.3, 0.4) is 0 Å². The average Bonchev–Trinajstić information content (AvgIpc) is 2.55. The predicted octanol–water partition coefficient (Wildman–Crippen LogP) is 1.09. The van der Waals surface area contributed by atoms with Crippen molar-refractivity contribution in [2.24, 2.45) is 5.73 Å². The maximum absolute atomic E-state index is 5.47. The third-order valence-electron chi connectivity index (χ3n) is 2.01. The SMILES string of the molecule is CC(c1cncs1)N(C)CCN. The Bertz CT molecular complexity index is 210. The van der Waals surface area contributed by atoms with Gasteiger partial charge in [-0.3, -0.25) is 9.88 Å². The van der Waals surface area contributed by atoms with Gasteiger partial charge in [0.15, 0.2) is 0 Å². The van der Waals surface area contributed by atoms with Crippen molar-refractivity contribution in [2.45, 2.75) is 13.0 Å². The molecule has 0 radical (unpaired) electrons. The fourth-order valence-electron chi connectivity index (χ4n) is 1.05. The van der Waals surface area contributed by atoms with Crippen molar-refractivity contribution in [1.29, 1.82) is 0 Å². The van der Waals surface area contributed by atoms with Gasteiger partial charge in [0.25, 0.3) is 0 Å². The molecule has 0 saturated heterocycles. The van der Waals surface area contributed by atoms with Crippen LogP contribution < -0.4 is 5.73 Å². The molecule has 2 N–H and O–H groups in total. The van der Waals surface area contributed by atoms with Crippen molar-refractivity contribution >= 4 is 11.3 Å². The van der Waals surface area contributed by atoms with Gasteiger partial charge in [0.1, 0.15) is 0 Å². The maximum Gasteiger partial charge on any atom is 0.0794 e. The topological polar surface area (TPSA) is 42.2 Å². The molecule has 0 aliphatic heterocycles. The Balaban J connectivity index is 2.53. The lowest BCUT2D eigenvalue weighted by Gasteiger charge is -2.22. The highest BCUT2D eigenvalue weighted by molar-refractivity contribution is 7.09. The number of nitrogens with zero attached hydrogens (tertiary/aromatic N) is 2. The van der Waals surface area contributed by atoms with E-state index >= 15 is 0 Å². The Labute approximate surface area is 77.2 Å². The summed E-state index contributed by atoms with van der Waals surface area (Å²) in [5, 5.41) is 0. The first-order valence-electron chi connectivity index (χ1n) is 4.04. The van der Waals surface area contributed by atoms with Crippen LogP contribution in [0.5, 0.6) is 0 Å². The van der Waals surface area contributed by atoms with E-state index in [0.29, 0.717) is 12.6 Å². The molecule has 1 atom stereocenters. The second kappa shape index (κ2) is 4.54. The Morgan fingerprint density at radius 2 is 2.50 bits per heavy atom. The third-order valence-corrected chi connectivity index (χ3v) is 2.95. The number of aromatic nitrogens is 1. The van der Waals surface area contributed by atoms with Gasteiger partial charge in [-0.25, -0.2) is 0 Å². The van der Waals surface area contributed by atoms with Crippen molar-refractivity contribution in [2.75, 3.05) is 20.1 Å². The van der Waals surface area contributed by atoms with E-state index in [9.17, 15) is 0 Å². The fraction of sp³-hybridized carbons (Fsp3) is 0.625. The highest BCUT2D eigenvalue weighted by Crippen LogP contribution is 2.21. The van der Waals surface area contributed by atoms with Crippen LogP contribution in [0.4, 0.5) is 0 Å². The van der Waals surface area contributed by atoms with Crippen LogP contribution in [0.15, 0.2) is 11.7 Å². The molecule has 1 heterocycles. The molecule has 4 heteroatoms. The fourth-order valence-corrected chi connectivity index (χ4v) is 1.79. The second-order valence-corrected chi connectivity index (χ2v) is 3.77. The van der Waals surface area contributed by atoms with Gasteiger partial charge in [-0.2, -0.15) is 0 Å². The highest BCUT2D eigenvalue weighted by atomic mass is 32.1. The first-order valence-corrected chi connectivity index (χ1v) is 4.92. The number of hydrogen-bond acceptors (Lipinski definition) is 4. The number of thiazole rings is 1. The van der Waals surface area contributed by atoms with Crippen LogP contribution in [0.25, 0.3) is 0 Å². The number of likely N-dealkylation sites (N-methyl/N-ethyl adjacent to an activating group) is 1. The molecule has 1 aromatic rings. The Kier molecular flexibility index (Phi) is 3.65. The lowest BCUT2D eigenvalue weighted by atomic mass is 10.2. The molecular weight excluding hydrogens is 170 g/mol. The summed E-state index contributed by atoms with van der Waals surface area (Å²) < 4.78 is 0. The summed E-state index contributed by atoms with van der Waals surface area (Å²) in [4.78, 5) is 7.57. The number of hydrogen-bond donors (Lipinski definition) is 1. The van der Waals surface area contributed by atoms with Crippen LogP contribution in [0, 0.1) is 0 Å². The Morgan fingerprint density at radius 3 is 3.00 bits per heavy atom. The smallest absolute Gasteiger partial charge is 0.0794 e. The van der Waals surface area contributed by atoms with Crippen LogP contribution in [-0.4, -0.2) is 30.0 Å². The van der Waals surface area contributed by atoms with Crippen molar-refractivity contribution in [1.82, 2.24) is 9.88 Å². The monoisotopic (exact) mass is 185 g/mol. The molecule has 0 aliphatic carbocycles. The molecule has 3 nitrogen and oxygen atoms in total. The first-order chi connectivity index (χ1) is 5.75. The number of nitrogens with two attached hydrogens (primary N) is 1. The van der Waals surface area contributed by atoms with E-state index in [-0.39, 0.29) is 0 Å². The van der Waals surface area contributed by atoms with E-state index in [0.717, 1.165) is 6.54 Å². The van der Waals surface area contributed by atoms with Gasteiger partial charge in [-0.15, -0.1) is 11.3 Å². The minimum Gasteiger partial charge on any atom is -0.329 e. The average molecular weight is 185 g/mol. The van der Waals surface area contributed by atoms with Crippen LogP contribution in [0.2, 0.25) is 0 Å². The van der Waals surface area contributed by atoms with Crippen molar-refractivity contribution in [3.05, 3.63) is 16.6 Å². The molecule has 0 fully saturated rings. The maximum atomic E-state index is 5.47. The van der Waals surface area contributed by atoms with E-state index in [1.807, 2.05) is 11.7 Å². The molecule has 0 bridgehead atoms. The molecule has 0 aliphatic rings. The molecule has 1 unspecified atom stereocenters. The lowest BCUT2D eigenvalue weighted by molar-refractivity contribution is 0.272. The minimum absolute atomic E-state index is 0.432. The van der Waals surface area contributed by atoms with E-state index in [2.05, 4.69) is 23.9 Å². The van der Waals surface area contributed by atoms with Gasteiger partial charge in [0, 0.05) is 30.2 Å². The standard InChI is InChI=1S/C8H15N3S/c1-7(11(2)4-3-9)8-5-10-6-12-8/h5-7H,3-4,9H2,1-2H3. The van der Waals surface area contributed by atoms with Gasteiger partial charge in [-0.05, 0) is 14.0 Å². The molecule has 1 rings (SSSR count). The van der Waals surface area contributed by atoms with Gasteiger partial charge >= 0.3 is 0 Å². The predicted molar refractivity (Wildman–Crippen MR) is 52.2 cm³/mol. The first kappa shape index (κ1) is 9.64. The van der Waals surface area contributed by atoms with Crippen molar-refractivity contribution in [3.63, 3.8) is 0 Å². The second-order valence-electron chi connectivity index (χ2n) is 2.85. The zero-order chi connectivity index (χ0) is 8.97. The molecule has 68 valence electrons. The van der Waals surface area contributed by atoms with Gasteiger partial charge in [0.05, 0.1) is 5.51 Å². The highest BCUT2D eigenvalue weighted by Gasteiger charge is 2.11. The van der Waals surface area contributed by atoms with Crippen LogP contribution >= 0.6 is 11.3 Å². The molecule has 1 aromatic heterocycles. The summed E-state index contributed by atoms with van der Waals surface area (Å²) in [6.45, 7) is 3.81. The van der Waals surface area contributed by atoms with E-state index in [1.54, 1.807) is 11.3 Å². The molecule has 0 aromatic carbocycles. The Morgan fingerprint density at radius 1 is 1.75 bits per heavy atom. The van der Waals surface area contributed by atoms with Crippen molar-refractivity contribution in [3.8, 4) is 0 Å². The summed E-state index contributed by atoms with van der Waals surface area (Å²) in [5.41, 5.74) is 7.33. The summed E-state index contributed by atoms with van der Waals surface area (Å²) >= 11 is 1.69. The molecule has 0 spiro atoms. The zero-order valence-electron chi connectivity index (χ0n) is 7.53. The molecular formula is C8H15N3S. The minimum atomic E-state index is 0.432. The summed E-state index contributed by atoms with van der Waals surface area (Å²) in [7, 11) is 2.08. The van der Waals surface area contributed by atoms with Crippen molar-refractivity contribution < 1.29 is 0 Å². The molecule has 12 heavy (non-hydrogen) atoms. The van der Waals surface area contributed by atoms with Gasteiger partial charge < -0.3 is 5.73 Å². The zero-order valence-corrected chi connectivity index (χ0v) is 8.34.